The van der Waals surface area contributed by atoms with Crippen molar-refractivity contribution < 1.29 is 8.78 Å². The summed E-state index contributed by atoms with van der Waals surface area (Å²) in [6, 6.07) is 3.11. The van der Waals surface area contributed by atoms with Crippen molar-refractivity contribution in [1.29, 1.82) is 0 Å². The minimum absolute atomic E-state index is 0.313. The molecule has 0 saturated heterocycles. The maximum absolute atomic E-state index is 13.0. The Morgan fingerprint density at radius 2 is 2.00 bits per heavy atom. The molecule has 2 rings (SSSR count). The predicted molar refractivity (Wildman–Crippen MR) is 71.6 cm³/mol. The second kappa shape index (κ2) is 5.23. The summed E-state index contributed by atoms with van der Waals surface area (Å²) in [7, 11) is 0. The molecule has 0 spiro atoms. The van der Waals surface area contributed by atoms with E-state index in [1.165, 1.54) is 6.07 Å². The summed E-state index contributed by atoms with van der Waals surface area (Å²) in [4.78, 5) is 0. The van der Waals surface area contributed by atoms with Crippen molar-refractivity contribution in [3.8, 4) is 0 Å². The molecule has 5 nitrogen and oxygen atoms in total. The van der Waals surface area contributed by atoms with E-state index in [0.29, 0.717) is 22.8 Å². The molecule has 1 heterocycles. The molecule has 3 N–H and O–H groups in total. The Balaban J connectivity index is 2.20. The molecule has 0 aromatic heterocycles. The molecule has 1 unspecified atom stereocenters. The van der Waals surface area contributed by atoms with Gasteiger partial charge in [0.25, 0.3) is 0 Å². The lowest BCUT2D eigenvalue weighted by Gasteiger charge is -2.07. The fourth-order valence-electron chi connectivity index (χ4n) is 1.54. The zero-order valence-corrected chi connectivity index (χ0v) is 10.5. The highest BCUT2D eigenvalue weighted by Gasteiger charge is 2.21. The Kier molecular flexibility index (Phi) is 3.66. The van der Waals surface area contributed by atoms with Crippen molar-refractivity contribution in [2.45, 2.75) is 19.9 Å². The van der Waals surface area contributed by atoms with E-state index in [4.69, 9.17) is 5.73 Å². The van der Waals surface area contributed by atoms with Crippen LogP contribution >= 0.6 is 0 Å². The molecule has 1 aliphatic heterocycles. The minimum Gasteiger partial charge on any atom is -0.323 e. The van der Waals surface area contributed by atoms with Crippen LogP contribution in [0.3, 0.4) is 0 Å². The topological polar surface area (TPSA) is 75.1 Å². The van der Waals surface area contributed by atoms with Crippen molar-refractivity contribution in [3.05, 3.63) is 29.8 Å². The number of benzene rings is 1. The Hall–Kier alpha value is -2.15. The monoisotopic (exact) mass is 265 g/mol. The number of hydrogen-bond acceptors (Lipinski definition) is 5. The number of halogens is 2. The molecule has 100 valence electrons. The van der Waals surface area contributed by atoms with Gasteiger partial charge in [-0.1, -0.05) is 0 Å². The van der Waals surface area contributed by atoms with Crippen LogP contribution in [0.25, 0.3) is 0 Å². The SMILES string of the molecule is CC1=NN=C(C(C)N)C1=NNc1ccc(F)c(F)c1. The second-order valence-electron chi connectivity index (χ2n) is 4.16. The van der Waals surface area contributed by atoms with Gasteiger partial charge in [-0.3, -0.25) is 5.43 Å². The molecule has 1 aliphatic rings. The molecule has 1 aromatic carbocycles. The quantitative estimate of drug-likeness (QED) is 0.819. The van der Waals surface area contributed by atoms with E-state index < -0.39 is 11.6 Å². The van der Waals surface area contributed by atoms with E-state index in [1.54, 1.807) is 13.8 Å². The number of hydrogen-bond donors (Lipinski definition) is 2. The molecule has 1 aromatic rings. The Bertz CT molecular complexity index is 590. The van der Waals surface area contributed by atoms with E-state index in [1.807, 2.05) is 0 Å². The van der Waals surface area contributed by atoms with Crippen LogP contribution < -0.4 is 11.2 Å². The number of rotatable bonds is 3. The first-order valence-electron chi connectivity index (χ1n) is 5.66. The summed E-state index contributed by atoms with van der Waals surface area (Å²) in [6.07, 6.45) is 0. The molecule has 0 bridgehead atoms. The molecule has 0 aliphatic carbocycles. The third-order valence-electron chi connectivity index (χ3n) is 2.54. The Morgan fingerprint density at radius 1 is 1.26 bits per heavy atom. The molecule has 1 atom stereocenters. The standard InChI is InChI=1S/C12H13F2N5/c1-6(15)11-12(7(2)16-18-11)19-17-8-3-4-9(13)10(14)5-8/h3-6,17H,15H2,1-2H3. The van der Waals surface area contributed by atoms with E-state index in [2.05, 4.69) is 20.7 Å². The van der Waals surface area contributed by atoms with Crippen LogP contribution in [0, 0.1) is 11.6 Å². The molecule has 7 heteroatoms. The van der Waals surface area contributed by atoms with Crippen LogP contribution in [0.2, 0.25) is 0 Å². The van der Waals surface area contributed by atoms with Gasteiger partial charge in [-0.05, 0) is 26.0 Å². The number of anilines is 1. The lowest BCUT2D eigenvalue weighted by atomic mass is 10.1. The van der Waals surface area contributed by atoms with Gasteiger partial charge in [-0.2, -0.15) is 15.3 Å². The second-order valence-corrected chi connectivity index (χ2v) is 4.16. The summed E-state index contributed by atoms with van der Waals surface area (Å²) in [5.74, 6) is -1.85. The highest BCUT2D eigenvalue weighted by atomic mass is 19.2. The van der Waals surface area contributed by atoms with Crippen LogP contribution in [0.5, 0.6) is 0 Å². The van der Waals surface area contributed by atoms with Crippen molar-refractivity contribution in [2.75, 3.05) is 5.43 Å². The first-order valence-corrected chi connectivity index (χ1v) is 5.66. The molecule has 19 heavy (non-hydrogen) atoms. The lowest BCUT2D eigenvalue weighted by Crippen LogP contribution is -2.34. The summed E-state index contributed by atoms with van der Waals surface area (Å²) in [6.45, 7) is 3.50. The summed E-state index contributed by atoms with van der Waals surface area (Å²) in [5.41, 5.74) is 10.4. The fraction of sp³-hybridized carbons (Fsp3) is 0.250. The molecule has 0 amide bonds. The Morgan fingerprint density at radius 3 is 2.63 bits per heavy atom. The fourth-order valence-corrected chi connectivity index (χ4v) is 1.54. The average molecular weight is 265 g/mol. The first-order chi connectivity index (χ1) is 8.99. The van der Waals surface area contributed by atoms with Gasteiger partial charge in [0.2, 0.25) is 0 Å². The van der Waals surface area contributed by atoms with Gasteiger partial charge in [0, 0.05) is 12.1 Å². The van der Waals surface area contributed by atoms with Crippen LogP contribution in [-0.4, -0.2) is 23.2 Å². The van der Waals surface area contributed by atoms with Gasteiger partial charge >= 0.3 is 0 Å². The number of nitrogens with one attached hydrogen (secondary N) is 1. The highest BCUT2D eigenvalue weighted by Crippen LogP contribution is 2.13. The van der Waals surface area contributed by atoms with Crippen molar-refractivity contribution in [3.63, 3.8) is 0 Å². The van der Waals surface area contributed by atoms with Crippen LogP contribution in [0.15, 0.2) is 33.5 Å². The third-order valence-corrected chi connectivity index (χ3v) is 2.54. The molecular weight excluding hydrogens is 252 g/mol. The maximum atomic E-state index is 13.0. The highest BCUT2D eigenvalue weighted by molar-refractivity contribution is 6.70. The predicted octanol–water partition coefficient (Wildman–Crippen LogP) is 1.91. The van der Waals surface area contributed by atoms with E-state index in [-0.39, 0.29) is 6.04 Å². The minimum atomic E-state index is -0.942. The molecular formula is C12H13F2N5. The summed E-state index contributed by atoms with van der Waals surface area (Å²) in [5, 5.41) is 11.9. The molecule has 0 saturated carbocycles. The number of hydrazone groups is 1. The largest absolute Gasteiger partial charge is 0.323 e. The van der Waals surface area contributed by atoms with E-state index in [0.717, 1.165) is 12.1 Å². The van der Waals surface area contributed by atoms with Crippen molar-refractivity contribution in [1.82, 2.24) is 0 Å². The first kappa shape index (κ1) is 13.3. The van der Waals surface area contributed by atoms with Gasteiger partial charge in [0.05, 0.1) is 11.4 Å². The lowest BCUT2D eigenvalue weighted by molar-refractivity contribution is 0.509. The van der Waals surface area contributed by atoms with Gasteiger partial charge in [0.1, 0.15) is 11.4 Å². The van der Waals surface area contributed by atoms with Crippen LogP contribution in [0.1, 0.15) is 13.8 Å². The van der Waals surface area contributed by atoms with E-state index >= 15 is 0 Å². The smallest absolute Gasteiger partial charge is 0.160 e. The normalized spacial score (nSPS) is 18.3. The summed E-state index contributed by atoms with van der Waals surface area (Å²) < 4.78 is 25.8. The maximum Gasteiger partial charge on any atom is 0.160 e. The average Bonchev–Trinajstić information content (AvgIpc) is 2.72. The number of nitrogens with zero attached hydrogens (tertiary/aromatic N) is 3. The number of nitrogens with two attached hydrogens (primary N) is 1. The molecule has 0 radical (unpaired) electrons. The summed E-state index contributed by atoms with van der Waals surface area (Å²) >= 11 is 0. The van der Waals surface area contributed by atoms with Crippen LogP contribution in [-0.2, 0) is 0 Å². The zero-order chi connectivity index (χ0) is 14.0. The Labute approximate surface area is 108 Å². The molecule has 0 fully saturated rings. The zero-order valence-electron chi connectivity index (χ0n) is 10.5. The van der Waals surface area contributed by atoms with E-state index in [9.17, 15) is 8.78 Å². The van der Waals surface area contributed by atoms with Gasteiger partial charge in [-0.15, -0.1) is 0 Å². The van der Waals surface area contributed by atoms with Crippen molar-refractivity contribution in [2.24, 2.45) is 21.0 Å². The van der Waals surface area contributed by atoms with Crippen LogP contribution in [0.4, 0.5) is 14.5 Å². The van der Waals surface area contributed by atoms with Gasteiger partial charge < -0.3 is 5.73 Å². The van der Waals surface area contributed by atoms with Crippen molar-refractivity contribution >= 4 is 22.8 Å². The van der Waals surface area contributed by atoms with Gasteiger partial charge in [0.15, 0.2) is 11.6 Å². The van der Waals surface area contributed by atoms with Gasteiger partial charge in [-0.25, -0.2) is 8.78 Å². The third kappa shape index (κ3) is 2.82.